The van der Waals surface area contributed by atoms with Gasteiger partial charge in [0.1, 0.15) is 30.1 Å². The fourth-order valence-corrected chi connectivity index (χ4v) is 10.9. The number of piperidine rings is 1. The van der Waals surface area contributed by atoms with Crippen LogP contribution in [0.5, 0.6) is 0 Å². The molecule has 0 aromatic heterocycles. The molecule has 0 radical (unpaired) electrons. The van der Waals surface area contributed by atoms with E-state index < -0.39 is 95.7 Å². The van der Waals surface area contributed by atoms with E-state index in [9.17, 15) is 39.3 Å². The molecule has 5 aliphatic rings. The number of ketones is 3. The lowest BCUT2D eigenvalue weighted by Crippen LogP contribution is -2.65. The number of allylic oxidation sites excluding steroid dienone is 6. The minimum absolute atomic E-state index is 0.0231. The molecular formula is C50H75NO13. The number of rotatable bonds is 5. The van der Waals surface area contributed by atoms with Crippen molar-refractivity contribution < 1.29 is 63.0 Å². The van der Waals surface area contributed by atoms with Gasteiger partial charge in [-0.05, 0) is 101 Å². The minimum Gasteiger partial charge on any atom is -0.460 e. The molecule has 4 heterocycles. The summed E-state index contributed by atoms with van der Waals surface area (Å²) in [5, 5.41) is 34.1. The van der Waals surface area contributed by atoms with Crippen molar-refractivity contribution in [3.05, 3.63) is 47.6 Å². The fraction of sp³-hybridized carbons (Fsp3) is 0.740. The SMILES string of the molecule is COC1CC2CC[C@@H](C)[C@@](O)(O2)C(=O)C(=O)N2CCC[C@@H]3C(C[C@@H]4CC[C@@H](O)[C@H](OC)C4)[C@H](CC(=O)C(C)/C=C(\C)[C@@H](O)[C@@H](OC)C(=O)[C@H](C)C[C@H](C)/C=C/C=C/C=C1C)OC(=O)[C@H]32. The maximum absolute atomic E-state index is 14.4. The second kappa shape index (κ2) is 22.9. The van der Waals surface area contributed by atoms with Gasteiger partial charge in [-0.25, -0.2) is 4.79 Å². The zero-order chi connectivity index (χ0) is 47.0. The summed E-state index contributed by atoms with van der Waals surface area (Å²) in [6, 6.07) is -1.12. The Morgan fingerprint density at radius 2 is 1.58 bits per heavy atom. The van der Waals surface area contributed by atoms with E-state index in [0.29, 0.717) is 69.8 Å². The van der Waals surface area contributed by atoms with Crippen molar-refractivity contribution in [2.24, 2.45) is 41.4 Å². The number of carbonyl (C=O) groups is 5. The van der Waals surface area contributed by atoms with E-state index in [-0.39, 0.29) is 42.5 Å². The molecule has 1 aliphatic carbocycles. The van der Waals surface area contributed by atoms with Gasteiger partial charge in [0.2, 0.25) is 5.79 Å². The molecule has 5 rings (SSSR count). The molecule has 4 fully saturated rings. The Bertz CT molecular complexity index is 1790. The van der Waals surface area contributed by atoms with Crippen molar-refractivity contribution in [1.29, 1.82) is 0 Å². The Morgan fingerprint density at radius 3 is 2.27 bits per heavy atom. The van der Waals surface area contributed by atoms with Crippen molar-refractivity contribution in [3.8, 4) is 0 Å². The number of methoxy groups -OCH3 is 3. The van der Waals surface area contributed by atoms with E-state index in [1.54, 1.807) is 41.1 Å². The van der Waals surface area contributed by atoms with Crippen LogP contribution in [0.1, 0.15) is 112 Å². The van der Waals surface area contributed by atoms with E-state index in [1.807, 2.05) is 51.2 Å². The summed E-state index contributed by atoms with van der Waals surface area (Å²) in [4.78, 5) is 72.0. The molecule has 4 aliphatic heterocycles. The van der Waals surface area contributed by atoms with Gasteiger partial charge in [0.05, 0.1) is 24.4 Å². The standard InChI is InChI=1S/C50H75NO13/c1-28-14-11-10-12-15-29(2)40(60-7)26-35-19-17-33(6)50(59,64-35)47(56)48(57)51-21-13-16-36-37(24-34-18-20-38(52)42(25-34)61-8)41(63-49(58)43(36)51)27-39(53)30(3)23-32(5)45(55)46(62-9)44(54)31(4)22-28/h10-12,14-15,23,28,30-31,33-38,40-43,45-46,52,55,59H,13,16-22,24-27H2,1-9H3/b12-10+,14-11+,29-15?,32-23+/t28-,30?,31-,33-,34+,35?,36-,37?,38-,40?,41+,42-,43+,45-,46+,50-/m1/s1. The van der Waals surface area contributed by atoms with Gasteiger partial charge >= 0.3 is 5.97 Å². The number of fused-ring (bicyclic) bond motifs is 4. The number of nitrogens with zero attached hydrogens (tertiary/aromatic N) is 1. The first-order valence-corrected chi connectivity index (χ1v) is 23.5. The zero-order valence-electron chi connectivity index (χ0n) is 39.5. The molecule has 4 unspecified atom stereocenters. The molecule has 0 aromatic rings. The number of esters is 1. The van der Waals surface area contributed by atoms with E-state index in [4.69, 9.17) is 23.7 Å². The van der Waals surface area contributed by atoms with Gasteiger partial charge in [-0.2, -0.15) is 0 Å². The van der Waals surface area contributed by atoms with Crippen LogP contribution in [0.2, 0.25) is 0 Å². The number of aliphatic hydroxyl groups is 3. The summed E-state index contributed by atoms with van der Waals surface area (Å²) in [6.07, 6.45) is 10.8. The number of aliphatic hydroxyl groups excluding tert-OH is 2. The summed E-state index contributed by atoms with van der Waals surface area (Å²) in [5.41, 5.74) is 1.28. The van der Waals surface area contributed by atoms with Crippen molar-refractivity contribution in [3.63, 3.8) is 0 Å². The lowest BCUT2D eigenvalue weighted by Gasteiger charge is -2.50. The van der Waals surface area contributed by atoms with Crippen LogP contribution < -0.4 is 0 Å². The van der Waals surface area contributed by atoms with Crippen LogP contribution in [-0.4, -0.2) is 132 Å². The third-order valence-corrected chi connectivity index (χ3v) is 14.9. The highest BCUT2D eigenvalue weighted by molar-refractivity contribution is 6.39. The molecule has 1 saturated carbocycles. The number of hydrogen-bond donors (Lipinski definition) is 3. The molecular weight excluding hydrogens is 823 g/mol. The largest absolute Gasteiger partial charge is 0.460 e. The average molecular weight is 898 g/mol. The van der Waals surface area contributed by atoms with Gasteiger partial charge < -0.3 is 43.9 Å². The van der Waals surface area contributed by atoms with E-state index in [2.05, 4.69) is 0 Å². The van der Waals surface area contributed by atoms with Crippen LogP contribution in [0.25, 0.3) is 0 Å². The lowest BCUT2D eigenvalue weighted by molar-refractivity contribution is -0.266. The first-order valence-electron chi connectivity index (χ1n) is 23.5. The predicted molar refractivity (Wildman–Crippen MR) is 238 cm³/mol. The van der Waals surface area contributed by atoms with Crippen LogP contribution in [-0.2, 0) is 47.7 Å². The average Bonchev–Trinajstić information content (AvgIpc) is 3.27. The highest BCUT2D eigenvalue weighted by atomic mass is 16.6. The summed E-state index contributed by atoms with van der Waals surface area (Å²) in [7, 11) is 4.52. The van der Waals surface area contributed by atoms with Crippen molar-refractivity contribution in [1.82, 2.24) is 4.90 Å². The normalized spacial score (nSPS) is 42.3. The first-order chi connectivity index (χ1) is 30.3. The number of hydrogen-bond acceptors (Lipinski definition) is 13. The van der Waals surface area contributed by atoms with Crippen LogP contribution in [0, 0.1) is 41.4 Å². The van der Waals surface area contributed by atoms with Gasteiger partial charge in [-0.3, -0.25) is 19.2 Å². The topological polar surface area (TPSA) is 195 Å². The molecule has 358 valence electrons. The van der Waals surface area contributed by atoms with Gasteiger partial charge in [-0.15, -0.1) is 0 Å². The van der Waals surface area contributed by atoms with Gasteiger partial charge in [0, 0.05) is 64.4 Å². The Balaban J connectivity index is 1.51. The summed E-state index contributed by atoms with van der Waals surface area (Å²) in [5.74, 6) is -8.43. The van der Waals surface area contributed by atoms with E-state index in [1.165, 1.54) is 12.0 Å². The third-order valence-electron chi connectivity index (χ3n) is 14.9. The maximum Gasteiger partial charge on any atom is 0.329 e. The van der Waals surface area contributed by atoms with E-state index >= 15 is 0 Å². The van der Waals surface area contributed by atoms with Gasteiger partial charge in [0.25, 0.3) is 11.7 Å². The molecule has 3 saturated heterocycles. The van der Waals surface area contributed by atoms with Crippen molar-refractivity contribution >= 4 is 29.2 Å². The Labute approximate surface area is 379 Å². The number of amides is 1. The van der Waals surface area contributed by atoms with E-state index in [0.717, 1.165) is 5.57 Å². The quantitative estimate of drug-likeness (QED) is 0.181. The molecule has 14 heteroatoms. The number of carbonyl (C=O) groups excluding carboxylic acids is 5. The second-order valence-corrected chi connectivity index (χ2v) is 19.5. The minimum atomic E-state index is -2.43. The van der Waals surface area contributed by atoms with Gasteiger partial charge in [-0.1, -0.05) is 64.2 Å². The maximum atomic E-state index is 14.4. The van der Waals surface area contributed by atoms with Crippen LogP contribution in [0.3, 0.4) is 0 Å². The van der Waals surface area contributed by atoms with Gasteiger partial charge in [0.15, 0.2) is 5.78 Å². The Morgan fingerprint density at radius 1 is 0.844 bits per heavy atom. The Kier molecular flexibility index (Phi) is 18.5. The molecule has 64 heavy (non-hydrogen) atoms. The monoisotopic (exact) mass is 898 g/mol. The molecule has 4 bridgehead atoms. The molecule has 1 amide bonds. The Hall–Kier alpha value is -3.37. The summed E-state index contributed by atoms with van der Waals surface area (Å²) < 4.78 is 29.4. The molecule has 0 aromatic carbocycles. The second-order valence-electron chi connectivity index (χ2n) is 19.5. The first kappa shape index (κ1) is 51.6. The number of ether oxygens (including phenoxy) is 5. The fourth-order valence-electron chi connectivity index (χ4n) is 10.9. The lowest BCUT2D eigenvalue weighted by atomic mass is 9.68. The van der Waals surface area contributed by atoms with Crippen LogP contribution >= 0.6 is 0 Å². The van der Waals surface area contributed by atoms with Crippen LogP contribution in [0.15, 0.2) is 47.6 Å². The predicted octanol–water partition coefficient (Wildman–Crippen LogP) is 5.40. The van der Waals surface area contributed by atoms with Crippen LogP contribution in [0.4, 0.5) is 0 Å². The highest BCUT2D eigenvalue weighted by Crippen LogP contribution is 2.45. The number of Topliss-reactive ketones (excluding diaryl/α,β-unsaturated/α-hetero) is 3. The smallest absolute Gasteiger partial charge is 0.329 e. The third kappa shape index (κ3) is 12.0. The molecule has 3 N–H and O–H groups in total. The van der Waals surface area contributed by atoms with Crippen molar-refractivity contribution in [2.45, 2.75) is 167 Å². The molecule has 0 spiro atoms. The summed E-state index contributed by atoms with van der Waals surface area (Å²) in [6.45, 7) is 10.9. The molecule has 16 atom stereocenters. The zero-order valence-corrected chi connectivity index (χ0v) is 39.5. The summed E-state index contributed by atoms with van der Waals surface area (Å²) >= 11 is 0. The molecule has 14 nitrogen and oxygen atoms in total. The highest BCUT2D eigenvalue weighted by Gasteiger charge is 2.57. The van der Waals surface area contributed by atoms with Crippen molar-refractivity contribution in [2.75, 3.05) is 27.9 Å².